The smallest absolute Gasteiger partial charge is 0.264 e. The topological polar surface area (TPSA) is 76.5 Å². The molecule has 0 saturated carbocycles. The maximum Gasteiger partial charge on any atom is 0.264 e. The summed E-state index contributed by atoms with van der Waals surface area (Å²) in [5.74, 6) is 0.357. The number of para-hydroxylation sites is 1. The van der Waals surface area contributed by atoms with Gasteiger partial charge >= 0.3 is 0 Å². The van der Waals surface area contributed by atoms with E-state index in [1.807, 2.05) is 48.9 Å². The molecule has 0 unspecified atom stereocenters. The van der Waals surface area contributed by atoms with Crippen LogP contribution in [0, 0.1) is 13.8 Å². The summed E-state index contributed by atoms with van der Waals surface area (Å²) >= 11 is 0. The largest absolute Gasteiger partial charge is 0.482 e. The first kappa shape index (κ1) is 18.7. The molecule has 1 aliphatic rings. The molecule has 0 aliphatic carbocycles. The number of hydrogen-bond donors (Lipinski definition) is 1. The number of ether oxygens (including phenoxy) is 1. The van der Waals surface area contributed by atoms with E-state index < -0.39 is 0 Å². The van der Waals surface area contributed by atoms with Crippen LogP contribution in [-0.4, -0.2) is 35.2 Å². The van der Waals surface area contributed by atoms with Gasteiger partial charge in [-0.05, 0) is 44.2 Å². The number of aryl methyl sites for hydroxylation is 1. The van der Waals surface area contributed by atoms with Gasteiger partial charge in [-0.15, -0.1) is 0 Å². The monoisotopic (exact) mass is 390 g/mol. The van der Waals surface area contributed by atoms with Gasteiger partial charge in [-0.25, -0.2) is 4.68 Å². The van der Waals surface area contributed by atoms with Gasteiger partial charge in [-0.2, -0.15) is 5.10 Å². The Hall–Kier alpha value is -3.61. The van der Waals surface area contributed by atoms with Gasteiger partial charge in [-0.3, -0.25) is 9.59 Å². The summed E-state index contributed by atoms with van der Waals surface area (Å²) in [6, 6.07) is 15.1. The lowest BCUT2D eigenvalue weighted by Gasteiger charge is -2.26. The fraction of sp³-hybridized carbons (Fsp3) is 0.227. The number of amides is 2. The Labute approximate surface area is 168 Å². The van der Waals surface area contributed by atoms with Crippen LogP contribution in [0.3, 0.4) is 0 Å². The van der Waals surface area contributed by atoms with Gasteiger partial charge in [0, 0.05) is 24.0 Å². The van der Waals surface area contributed by atoms with Crippen molar-refractivity contribution in [3.8, 4) is 11.4 Å². The molecule has 0 spiro atoms. The van der Waals surface area contributed by atoms with Crippen LogP contribution < -0.4 is 15.0 Å². The molecule has 1 N–H and O–H groups in total. The summed E-state index contributed by atoms with van der Waals surface area (Å²) in [5.41, 5.74) is 4.88. The number of rotatable bonds is 4. The first-order valence-electron chi connectivity index (χ1n) is 9.38. The first-order chi connectivity index (χ1) is 13.9. The fourth-order valence-corrected chi connectivity index (χ4v) is 3.47. The van der Waals surface area contributed by atoms with Crippen molar-refractivity contribution in [1.82, 2.24) is 9.78 Å². The molecule has 3 aromatic rings. The number of likely N-dealkylation sites (N-methyl/N-ethyl adjacent to an activating group) is 1. The molecule has 1 aliphatic heterocycles. The van der Waals surface area contributed by atoms with Crippen LogP contribution in [0.5, 0.6) is 5.75 Å². The fourth-order valence-electron chi connectivity index (χ4n) is 3.47. The molecular weight excluding hydrogens is 368 g/mol. The third-order valence-electron chi connectivity index (χ3n) is 5.11. The Morgan fingerprint density at radius 1 is 1.17 bits per heavy atom. The molecule has 7 heteroatoms. The summed E-state index contributed by atoms with van der Waals surface area (Å²) in [6.45, 7) is 3.90. The molecule has 2 aromatic carbocycles. The highest BCUT2D eigenvalue weighted by atomic mass is 16.5. The van der Waals surface area contributed by atoms with Crippen molar-refractivity contribution in [2.24, 2.45) is 0 Å². The molecule has 2 heterocycles. The second-order valence-corrected chi connectivity index (χ2v) is 7.05. The van der Waals surface area contributed by atoms with Crippen LogP contribution >= 0.6 is 0 Å². The lowest BCUT2D eigenvalue weighted by Crippen LogP contribution is -2.35. The maximum absolute atomic E-state index is 12.7. The molecule has 1 aromatic heterocycles. The quantitative estimate of drug-likeness (QED) is 0.743. The molecule has 4 rings (SSSR count). The summed E-state index contributed by atoms with van der Waals surface area (Å²) in [6.07, 6.45) is 0.215. The molecule has 29 heavy (non-hydrogen) atoms. The minimum atomic E-state index is -0.144. The predicted octanol–water partition coefficient (Wildman–Crippen LogP) is 3.03. The summed E-state index contributed by atoms with van der Waals surface area (Å²) < 4.78 is 7.28. The van der Waals surface area contributed by atoms with Gasteiger partial charge in [-0.1, -0.05) is 18.2 Å². The number of nitrogens with zero attached hydrogens (tertiary/aromatic N) is 3. The van der Waals surface area contributed by atoms with Crippen molar-refractivity contribution in [2.45, 2.75) is 20.3 Å². The van der Waals surface area contributed by atoms with Crippen LogP contribution in [0.1, 0.15) is 17.0 Å². The van der Waals surface area contributed by atoms with Gasteiger partial charge in [0.1, 0.15) is 5.75 Å². The van der Waals surface area contributed by atoms with Gasteiger partial charge in [0.15, 0.2) is 6.61 Å². The van der Waals surface area contributed by atoms with Gasteiger partial charge < -0.3 is 15.0 Å². The molecule has 148 valence electrons. The Kier molecular flexibility index (Phi) is 4.80. The number of aromatic nitrogens is 2. The number of hydrogen-bond acceptors (Lipinski definition) is 4. The van der Waals surface area contributed by atoms with Crippen molar-refractivity contribution < 1.29 is 14.3 Å². The summed E-state index contributed by atoms with van der Waals surface area (Å²) in [7, 11) is 1.69. The molecule has 7 nitrogen and oxygen atoms in total. The zero-order valence-electron chi connectivity index (χ0n) is 16.6. The van der Waals surface area contributed by atoms with E-state index in [2.05, 4.69) is 10.4 Å². The molecule has 0 radical (unpaired) electrons. The van der Waals surface area contributed by atoms with Crippen molar-refractivity contribution >= 4 is 23.2 Å². The molecule has 0 fully saturated rings. The summed E-state index contributed by atoms with van der Waals surface area (Å²) in [5, 5.41) is 7.50. The van der Waals surface area contributed by atoms with E-state index >= 15 is 0 Å². The average molecular weight is 390 g/mol. The highest BCUT2D eigenvalue weighted by Crippen LogP contribution is 2.33. The standard InChI is InChI=1S/C22H22N4O3/c1-14-18(15(2)26(24-14)17-7-5-4-6-8-17)12-21(27)23-16-9-10-20-19(11-16)25(3)22(28)13-29-20/h4-11H,12-13H2,1-3H3,(H,23,27). The number of carbonyl (C=O) groups excluding carboxylic acids is 2. The lowest BCUT2D eigenvalue weighted by atomic mass is 10.1. The van der Waals surface area contributed by atoms with Crippen molar-refractivity contribution in [2.75, 3.05) is 23.9 Å². The van der Waals surface area contributed by atoms with E-state index in [0.29, 0.717) is 17.1 Å². The maximum atomic E-state index is 12.7. The van der Waals surface area contributed by atoms with E-state index in [1.54, 1.807) is 25.2 Å². The third kappa shape index (κ3) is 3.59. The molecule has 0 saturated heterocycles. The van der Waals surface area contributed by atoms with Crippen molar-refractivity contribution in [3.05, 3.63) is 65.5 Å². The van der Waals surface area contributed by atoms with E-state index in [-0.39, 0.29) is 24.8 Å². The molecule has 0 bridgehead atoms. The number of fused-ring (bicyclic) bond motifs is 1. The van der Waals surface area contributed by atoms with Crippen LogP contribution in [0.25, 0.3) is 5.69 Å². The van der Waals surface area contributed by atoms with Gasteiger partial charge in [0.25, 0.3) is 5.91 Å². The average Bonchev–Trinajstić information content (AvgIpc) is 3.00. The zero-order chi connectivity index (χ0) is 20.5. The Bertz CT molecular complexity index is 1090. The minimum absolute atomic E-state index is 0.0269. The Morgan fingerprint density at radius 3 is 2.69 bits per heavy atom. The van der Waals surface area contributed by atoms with E-state index in [9.17, 15) is 9.59 Å². The zero-order valence-corrected chi connectivity index (χ0v) is 16.6. The highest BCUT2D eigenvalue weighted by Gasteiger charge is 2.23. The second kappa shape index (κ2) is 7.43. The number of carbonyl (C=O) groups is 2. The molecule has 0 atom stereocenters. The van der Waals surface area contributed by atoms with E-state index in [1.165, 1.54) is 4.90 Å². The van der Waals surface area contributed by atoms with Crippen molar-refractivity contribution in [3.63, 3.8) is 0 Å². The lowest BCUT2D eigenvalue weighted by molar-refractivity contribution is -0.121. The van der Waals surface area contributed by atoms with E-state index in [0.717, 1.165) is 22.6 Å². The first-order valence-corrected chi connectivity index (χ1v) is 9.38. The number of benzene rings is 2. The second-order valence-electron chi connectivity index (χ2n) is 7.05. The predicted molar refractivity (Wildman–Crippen MR) is 111 cm³/mol. The summed E-state index contributed by atoms with van der Waals surface area (Å²) in [4.78, 5) is 26.1. The Balaban J connectivity index is 1.53. The van der Waals surface area contributed by atoms with Crippen molar-refractivity contribution in [1.29, 1.82) is 0 Å². The van der Waals surface area contributed by atoms with Gasteiger partial charge in [0.05, 0.1) is 23.5 Å². The third-order valence-corrected chi connectivity index (χ3v) is 5.11. The van der Waals surface area contributed by atoms with Gasteiger partial charge in [0.2, 0.25) is 5.91 Å². The minimum Gasteiger partial charge on any atom is -0.482 e. The number of nitrogens with one attached hydrogen (secondary N) is 1. The van der Waals surface area contributed by atoms with Crippen LogP contribution in [-0.2, 0) is 16.0 Å². The Morgan fingerprint density at radius 2 is 1.93 bits per heavy atom. The SMILES string of the molecule is Cc1nn(-c2ccccc2)c(C)c1CC(=O)Nc1ccc2c(c1)N(C)C(=O)CO2. The van der Waals surface area contributed by atoms with Crippen LogP contribution in [0.4, 0.5) is 11.4 Å². The number of anilines is 2. The molecular formula is C22H22N4O3. The van der Waals surface area contributed by atoms with Crippen LogP contribution in [0.15, 0.2) is 48.5 Å². The van der Waals surface area contributed by atoms with Crippen LogP contribution in [0.2, 0.25) is 0 Å². The normalized spacial score (nSPS) is 13.1. The molecule has 2 amide bonds. The highest BCUT2D eigenvalue weighted by molar-refractivity contribution is 5.99. The van der Waals surface area contributed by atoms with E-state index in [4.69, 9.17) is 4.74 Å².